The Bertz CT molecular complexity index is 243. The van der Waals surface area contributed by atoms with Crippen LogP contribution in [0.15, 0.2) is 0 Å². The van der Waals surface area contributed by atoms with Crippen LogP contribution in [0, 0.1) is 11.8 Å². The zero-order valence-electron chi connectivity index (χ0n) is 12.7. The predicted octanol–water partition coefficient (Wildman–Crippen LogP) is 3.26. The summed E-state index contributed by atoms with van der Waals surface area (Å²) >= 11 is 0. The molecule has 0 aromatic carbocycles. The summed E-state index contributed by atoms with van der Waals surface area (Å²) in [6.07, 6.45) is 9.78. The van der Waals surface area contributed by atoms with Crippen molar-refractivity contribution in [3.8, 4) is 0 Å². The molecular weight excluding hydrogens is 238 g/mol. The van der Waals surface area contributed by atoms with Crippen LogP contribution in [0.25, 0.3) is 0 Å². The Hall–Kier alpha value is -0.570. The van der Waals surface area contributed by atoms with Gasteiger partial charge in [0, 0.05) is 12.5 Å². The number of aliphatic hydroxyl groups is 1. The van der Waals surface area contributed by atoms with E-state index in [2.05, 4.69) is 19.2 Å². The van der Waals surface area contributed by atoms with E-state index in [0.717, 1.165) is 25.7 Å². The van der Waals surface area contributed by atoms with Gasteiger partial charge in [-0.25, -0.2) is 0 Å². The summed E-state index contributed by atoms with van der Waals surface area (Å²) in [5.74, 6) is 0.638. The lowest BCUT2D eigenvalue weighted by atomic mass is 9.90. The van der Waals surface area contributed by atoms with Crippen molar-refractivity contribution in [2.75, 3.05) is 6.54 Å². The second-order valence-corrected chi connectivity index (χ2v) is 5.93. The van der Waals surface area contributed by atoms with Gasteiger partial charge in [0.05, 0.1) is 6.10 Å². The molecule has 1 rings (SSSR count). The summed E-state index contributed by atoms with van der Waals surface area (Å²) in [5, 5.41) is 13.0. The standard InChI is InChI=1S/C16H31NO2/c1-3-13(4-2)15(18)12-17-16(19)14-10-8-6-5-7-9-11-14/h13-15,18H,3-12H2,1-2H3,(H,17,19). The van der Waals surface area contributed by atoms with Crippen LogP contribution in [0.3, 0.4) is 0 Å². The number of hydrogen-bond donors (Lipinski definition) is 2. The van der Waals surface area contributed by atoms with E-state index < -0.39 is 6.10 Å². The van der Waals surface area contributed by atoms with Gasteiger partial charge in [-0.2, -0.15) is 0 Å². The number of nitrogens with one attached hydrogen (secondary N) is 1. The van der Waals surface area contributed by atoms with E-state index in [9.17, 15) is 9.90 Å². The minimum absolute atomic E-state index is 0.159. The highest BCUT2D eigenvalue weighted by Crippen LogP contribution is 2.22. The Morgan fingerprint density at radius 3 is 2.16 bits per heavy atom. The van der Waals surface area contributed by atoms with Gasteiger partial charge in [0.2, 0.25) is 5.91 Å². The molecule has 2 N–H and O–H groups in total. The maximum atomic E-state index is 12.1. The van der Waals surface area contributed by atoms with Crippen LogP contribution in [0.1, 0.15) is 71.6 Å². The highest BCUT2D eigenvalue weighted by Gasteiger charge is 2.21. The van der Waals surface area contributed by atoms with E-state index in [1.165, 1.54) is 32.1 Å². The molecule has 1 unspecified atom stereocenters. The van der Waals surface area contributed by atoms with Gasteiger partial charge in [-0.15, -0.1) is 0 Å². The molecule has 0 aliphatic heterocycles. The van der Waals surface area contributed by atoms with Crippen molar-refractivity contribution in [1.82, 2.24) is 5.32 Å². The van der Waals surface area contributed by atoms with E-state index in [1.54, 1.807) is 0 Å². The highest BCUT2D eigenvalue weighted by molar-refractivity contribution is 5.78. The van der Waals surface area contributed by atoms with Gasteiger partial charge in [0.15, 0.2) is 0 Å². The molecule has 1 aliphatic carbocycles. The number of carbonyl (C=O) groups excluding carboxylic acids is 1. The Labute approximate surface area is 118 Å². The van der Waals surface area contributed by atoms with E-state index in [1.807, 2.05) is 0 Å². The van der Waals surface area contributed by atoms with Crippen LogP contribution in [0.2, 0.25) is 0 Å². The monoisotopic (exact) mass is 269 g/mol. The van der Waals surface area contributed by atoms with Crippen LogP contribution in [-0.4, -0.2) is 23.7 Å². The van der Waals surface area contributed by atoms with Crippen LogP contribution in [0.5, 0.6) is 0 Å². The van der Waals surface area contributed by atoms with Gasteiger partial charge >= 0.3 is 0 Å². The van der Waals surface area contributed by atoms with Crippen molar-refractivity contribution in [3.05, 3.63) is 0 Å². The zero-order chi connectivity index (χ0) is 14.1. The summed E-state index contributed by atoms with van der Waals surface area (Å²) in [6.45, 7) is 4.60. The third-order valence-electron chi connectivity index (χ3n) is 4.55. The fraction of sp³-hybridized carbons (Fsp3) is 0.938. The van der Waals surface area contributed by atoms with Crippen molar-refractivity contribution in [2.45, 2.75) is 77.7 Å². The smallest absolute Gasteiger partial charge is 0.223 e. The Kier molecular flexibility index (Phi) is 8.11. The number of aliphatic hydroxyl groups excluding tert-OH is 1. The highest BCUT2D eigenvalue weighted by atomic mass is 16.3. The minimum atomic E-state index is -0.396. The van der Waals surface area contributed by atoms with Gasteiger partial charge in [0.25, 0.3) is 0 Å². The number of amides is 1. The Morgan fingerprint density at radius 1 is 1.11 bits per heavy atom. The van der Waals surface area contributed by atoms with Gasteiger partial charge in [-0.05, 0) is 18.8 Å². The van der Waals surface area contributed by atoms with Crippen molar-refractivity contribution >= 4 is 5.91 Å². The molecule has 1 fully saturated rings. The molecule has 3 nitrogen and oxygen atoms in total. The molecule has 0 spiro atoms. The third-order valence-corrected chi connectivity index (χ3v) is 4.55. The lowest BCUT2D eigenvalue weighted by Gasteiger charge is -2.23. The summed E-state index contributed by atoms with van der Waals surface area (Å²) in [7, 11) is 0. The molecule has 0 aromatic heterocycles. The fourth-order valence-corrected chi connectivity index (χ4v) is 3.07. The molecular formula is C16H31NO2. The van der Waals surface area contributed by atoms with E-state index in [-0.39, 0.29) is 11.8 Å². The topological polar surface area (TPSA) is 49.3 Å². The van der Waals surface area contributed by atoms with E-state index in [0.29, 0.717) is 12.5 Å². The molecule has 0 heterocycles. The summed E-state index contributed by atoms with van der Waals surface area (Å²) in [6, 6.07) is 0. The quantitative estimate of drug-likeness (QED) is 0.777. The Morgan fingerprint density at radius 2 is 1.63 bits per heavy atom. The SMILES string of the molecule is CCC(CC)C(O)CNC(=O)C1CCCCCCC1. The molecule has 0 radical (unpaired) electrons. The van der Waals surface area contributed by atoms with Crippen LogP contribution in [-0.2, 0) is 4.79 Å². The van der Waals surface area contributed by atoms with Gasteiger partial charge in [-0.3, -0.25) is 4.79 Å². The van der Waals surface area contributed by atoms with Crippen LogP contribution < -0.4 is 5.32 Å². The van der Waals surface area contributed by atoms with E-state index >= 15 is 0 Å². The fourth-order valence-electron chi connectivity index (χ4n) is 3.07. The van der Waals surface area contributed by atoms with Crippen molar-refractivity contribution in [2.24, 2.45) is 11.8 Å². The lowest BCUT2D eigenvalue weighted by Crippen LogP contribution is -2.39. The van der Waals surface area contributed by atoms with Crippen molar-refractivity contribution in [1.29, 1.82) is 0 Å². The largest absolute Gasteiger partial charge is 0.391 e. The van der Waals surface area contributed by atoms with E-state index in [4.69, 9.17) is 0 Å². The van der Waals surface area contributed by atoms with Crippen LogP contribution >= 0.6 is 0 Å². The molecule has 0 bridgehead atoms. The normalized spacial score (nSPS) is 19.8. The zero-order valence-corrected chi connectivity index (χ0v) is 12.7. The summed E-state index contributed by atoms with van der Waals surface area (Å²) in [4.78, 5) is 12.1. The molecule has 3 heteroatoms. The molecule has 1 amide bonds. The van der Waals surface area contributed by atoms with Crippen molar-refractivity contribution in [3.63, 3.8) is 0 Å². The third kappa shape index (κ3) is 5.94. The Balaban J connectivity index is 2.32. The molecule has 1 saturated carbocycles. The first kappa shape index (κ1) is 16.5. The second-order valence-electron chi connectivity index (χ2n) is 5.93. The number of hydrogen-bond acceptors (Lipinski definition) is 2. The first-order valence-corrected chi connectivity index (χ1v) is 8.14. The van der Waals surface area contributed by atoms with Crippen LogP contribution in [0.4, 0.5) is 0 Å². The summed E-state index contributed by atoms with van der Waals surface area (Å²) in [5.41, 5.74) is 0. The minimum Gasteiger partial charge on any atom is -0.391 e. The lowest BCUT2D eigenvalue weighted by molar-refractivity contribution is -0.126. The summed E-state index contributed by atoms with van der Waals surface area (Å²) < 4.78 is 0. The van der Waals surface area contributed by atoms with Gasteiger partial charge in [-0.1, -0.05) is 58.8 Å². The second kappa shape index (κ2) is 9.35. The average Bonchev–Trinajstić information content (AvgIpc) is 2.37. The molecule has 0 aromatic rings. The predicted molar refractivity (Wildman–Crippen MR) is 78.9 cm³/mol. The molecule has 19 heavy (non-hydrogen) atoms. The molecule has 0 saturated heterocycles. The number of rotatable bonds is 6. The van der Waals surface area contributed by atoms with Gasteiger partial charge < -0.3 is 10.4 Å². The first-order chi connectivity index (χ1) is 9.19. The maximum absolute atomic E-state index is 12.1. The van der Waals surface area contributed by atoms with Gasteiger partial charge in [0.1, 0.15) is 0 Å². The first-order valence-electron chi connectivity index (χ1n) is 8.14. The molecule has 1 aliphatic rings. The molecule has 1 atom stereocenters. The van der Waals surface area contributed by atoms with Crippen molar-refractivity contribution < 1.29 is 9.90 Å². The number of carbonyl (C=O) groups is 1. The maximum Gasteiger partial charge on any atom is 0.223 e. The molecule has 112 valence electrons. The average molecular weight is 269 g/mol.